The van der Waals surface area contributed by atoms with Gasteiger partial charge in [0.25, 0.3) is 0 Å². The third-order valence-corrected chi connectivity index (χ3v) is 4.94. The van der Waals surface area contributed by atoms with Crippen molar-refractivity contribution in [3.63, 3.8) is 0 Å². The minimum Gasteiger partial charge on any atom is -0.463 e. The van der Waals surface area contributed by atoms with Gasteiger partial charge in [0.05, 0.1) is 26.9 Å². The third kappa shape index (κ3) is 3.86. The molecule has 0 fully saturated rings. The van der Waals surface area contributed by atoms with Crippen LogP contribution in [0.25, 0.3) is 0 Å². The van der Waals surface area contributed by atoms with E-state index in [1.165, 1.54) is 12.3 Å². The van der Waals surface area contributed by atoms with E-state index >= 15 is 0 Å². The lowest BCUT2D eigenvalue weighted by molar-refractivity contribution is -0.891. The number of rotatable bonds is 6. The number of hydrogen-bond acceptors (Lipinski definition) is 3. The van der Waals surface area contributed by atoms with Gasteiger partial charge in [0.15, 0.2) is 11.8 Å². The minimum absolute atomic E-state index is 0.0836. The molecule has 0 aliphatic carbocycles. The summed E-state index contributed by atoms with van der Waals surface area (Å²) < 4.78 is 46.0. The van der Waals surface area contributed by atoms with Crippen LogP contribution >= 0.6 is 11.6 Å². The highest BCUT2D eigenvalue weighted by atomic mass is 35.5. The van der Waals surface area contributed by atoms with Gasteiger partial charge in [-0.1, -0.05) is 11.6 Å². The van der Waals surface area contributed by atoms with E-state index in [-0.39, 0.29) is 17.6 Å². The maximum absolute atomic E-state index is 13.8. The lowest BCUT2D eigenvalue weighted by Gasteiger charge is -2.19. The van der Waals surface area contributed by atoms with Gasteiger partial charge in [0.2, 0.25) is 10.0 Å². The Labute approximate surface area is 133 Å². The minimum atomic E-state index is -3.97. The molecule has 1 aromatic carbocycles. The molecule has 1 aromatic heterocycles. The number of likely N-dealkylation sites (N-methyl/N-ethyl adjacent to an activating group) is 1. The number of sulfonamides is 1. The van der Waals surface area contributed by atoms with E-state index in [1.807, 2.05) is 14.1 Å². The standard InChI is InChI=1S/C14H16ClFN2O3S/c1-18(2)12(13-4-3-7-21-13)9-17-22(19,20)14-6-5-10(15)8-11(14)16/h3-8,12,17H,9H2,1-2H3/p+1/t12-/m0/s1. The first-order valence-electron chi connectivity index (χ1n) is 6.59. The lowest BCUT2D eigenvalue weighted by atomic mass is 10.2. The summed E-state index contributed by atoms with van der Waals surface area (Å²) >= 11 is 5.63. The highest BCUT2D eigenvalue weighted by molar-refractivity contribution is 7.89. The number of nitrogens with one attached hydrogen (secondary N) is 2. The maximum atomic E-state index is 13.8. The van der Waals surface area contributed by atoms with Gasteiger partial charge in [0, 0.05) is 5.02 Å². The van der Waals surface area contributed by atoms with Crippen LogP contribution in [0.15, 0.2) is 45.9 Å². The number of furan rings is 1. The van der Waals surface area contributed by atoms with Gasteiger partial charge in [-0.2, -0.15) is 0 Å². The highest BCUT2D eigenvalue weighted by Crippen LogP contribution is 2.19. The van der Waals surface area contributed by atoms with E-state index in [0.29, 0.717) is 5.76 Å². The second-order valence-corrected chi connectivity index (χ2v) is 7.24. The normalized spacial score (nSPS) is 13.5. The second kappa shape index (κ2) is 6.78. The summed E-state index contributed by atoms with van der Waals surface area (Å²) in [6.07, 6.45) is 1.53. The Morgan fingerprint density at radius 3 is 2.64 bits per heavy atom. The van der Waals surface area contributed by atoms with Gasteiger partial charge in [-0.3, -0.25) is 0 Å². The second-order valence-electron chi connectivity index (χ2n) is 5.07. The van der Waals surface area contributed by atoms with Gasteiger partial charge in [-0.25, -0.2) is 17.5 Å². The zero-order chi connectivity index (χ0) is 16.3. The zero-order valence-electron chi connectivity index (χ0n) is 12.1. The fourth-order valence-electron chi connectivity index (χ4n) is 2.04. The summed E-state index contributed by atoms with van der Waals surface area (Å²) in [6.45, 7) is 0.0836. The van der Waals surface area contributed by atoms with Crippen molar-refractivity contribution < 1.29 is 22.1 Å². The molecule has 0 aliphatic rings. The molecule has 0 spiro atoms. The van der Waals surface area contributed by atoms with Crippen LogP contribution in [0.4, 0.5) is 4.39 Å². The average molecular weight is 348 g/mol. The first-order valence-corrected chi connectivity index (χ1v) is 8.45. The monoisotopic (exact) mass is 347 g/mol. The molecule has 0 unspecified atom stereocenters. The van der Waals surface area contributed by atoms with Crippen molar-refractivity contribution in [3.8, 4) is 0 Å². The van der Waals surface area contributed by atoms with E-state index in [0.717, 1.165) is 17.0 Å². The van der Waals surface area contributed by atoms with E-state index < -0.39 is 20.7 Å². The van der Waals surface area contributed by atoms with Gasteiger partial charge in [-0.05, 0) is 30.3 Å². The molecule has 1 heterocycles. The summed E-state index contributed by atoms with van der Waals surface area (Å²) in [5.74, 6) is -0.231. The smallest absolute Gasteiger partial charge is 0.243 e. The number of halogens is 2. The van der Waals surface area contributed by atoms with Crippen LogP contribution in [-0.2, 0) is 10.0 Å². The predicted molar refractivity (Wildman–Crippen MR) is 80.9 cm³/mol. The predicted octanol–water partition coefficient (Wildman–Crippen LogP) is 1.24. The summed E-state index contributed by atoms with van der Waals surface area (Å²) in [5.41, 5.74) is 0. The molecule has 2 aromatic rings. The molecule has 0 saturated carbocycles. The SMILES string of the molecule is C[NH+](C)[C@@H](CNS(=O)(=O)c1ccc(Cl)cc1F)c1ccco1. The summed E-state index contributed by atoms with van der Waals surface area (Å²) in [4.78, 5) is 0.554. The third-order valence-electron chi connectivity index (χ3n) is 3.24. The van der Waals surface area contributed by atoms with Gasteiger partial charge >= 0.3 is 0 Å². The molecule has 2 rings (SSSR count). The fourth-order valence-corrected chi connectivity index (χ4v) is 3.31. The molecule has 0 saturated heterocycles. The topological polar surface area (TPSA) is 63.8 Å². The maximum Gasteiger partial charge on any atom is 0.243 e. The van der Waals surface area contributed by atoms with Crippen LogP contribution in [0.5, 0.6) is 0 Å². The molecule has 0 amide bonds. The van der Waals surface area contributed by atoms with Crippen molar-refractivity contribution in [2.45, 2.75) is 10.9 Å². The molecule has 0 radical (unpaired) electrons. The van der Waals surface area contributed by atoms with Crippen LogP contribution < -0.4 is 9.62 Å². The molecule has 8 heteroatoms. The van der Waals surface area contributed by atoms with E-state index in [4.69, 9.17) is 16.0 Å². The van der Waals surface area contributed by atoms with Crippen molar-refractivity contribution in [2.24, 2.45) is 0 Å². The molecule has 0 bridgehead atoms. The Morgan fingerprint density at radius 2 is 2.09 bits per heavy atom. The molecule has 5 nitrogen and oxygen atoms in total. The highest BCUT2D eigenvalue weighted by Gasteiger charge is 2.25. The quantitative estimate of drug-likeness (QED) is 0.826. The Balaban J connectivity index is 2.18. The Hall–Kier alpha value is -1.41. The van der Waals surface area contributed by atoms with E-state index in [9.17, 15) is 12.8 Å². The molecule has 2 N–H and O–H groups in total. The van der Waals surface area contributed by atoms with Crippen LogP contribution in [0.2, 0.25) is 5.02 Å². The van der Waals surface area contributed by atoms with Crippen LogP contribution in [0.1, 0.15) is 11.8 Å². The van der Waals surface area contributed by atoms with Crippen molar-refractivity contribution in [3.05, 3.63) is 53.2 Å². The molecule has 120 valence electrons. The van der Waals surface area contributed by atoms with Crippen LogP contribution in [0.3, 0.4) is 0 Å². The summed E-state index contributed by atoms with van der Waals surface area (Å²) in [5, 5.41) is 0.141. The number of quaternary nitrogens is 1. The molecular weight excluding hydrogens is 331 g/mol. The van der Waals surface area contributed by atoms with Gasteiger partial charge in [-0.15, -0.1) is 0 Å². The Bertz CT molecular complexity index is 733. The van der Waals surface area contributed by atoms with Gasteiger partial charge in [0.1, 0.15) is 10.7 Å². The molecule has 0 aliphatic heterocycles. The average Bonchev–Trinajstić information content (AvgIpc) is 2.91. The lowest BCUT2D eigenvalue weighted by Crippen LogP contribution is -3.07. The van der Waals surface area contributed by atoms with Crippen molar-refractivity contribution in [1.82, 2.24) is 4.72 Å². The van der Waals surface area contributed by atoms with Crippen LogP contribution in [0, 0.1) is 5.82 Å². The molecule has 1 atom stereocenters. The van der Waals surface area contributed by atoms with E-state index in [2.05, 4.69) is 4.72 Å². The van der Waals surface area contributed by atoms with Crippen molar-refractivity contribution in [1.29, 1.82) is 0 Å². The molecule has 22 heavy (non-hydrogen) atoms. The fraction of sp³-hybridized carbons (Fsp3) is 0.286. The number of hydrogen-bond donors (Lipinski definition) is 2. The summed E-state index contributed by atoms with van der Waals surface area (Å²) in [7, 11) is -0.207. The van der Waals surface area contributed by atoms with Gasteiger partial charge < -0.3 is 9.32 Å². The van der Waals surface area contributed by atoms with Crippen molar-refractivity contribution >= 4 is 21.6 Å². The number of benzene rings is 1. The largest absolute Gasteiger partial charge is 0.463 e. The first-order chi connectivity index (χ1) is 10.3. The zero-order valence-corrected chi connectivity index (χ0v) is 13.7. The van der Waals surface area contributed by atoms with E-state index in [1.54, 1.807) is 12.1 Å². The summed E-state index contributed by atoms with van der Waals surface area (Å²) in [6, 6.07) is 6.73. The first kappa shape index (κ1) is 17.0. The Kier molecular flexibility index (Phi) is 5.23. The Morgan fingerprint density at radius 1 is 1.36 bits per heavy atom. The van der Waals surface area contributed by atoms with Crippen LogP contribution in [-0.4, -0.2) is 29.1 Å². The van der Waals surface area contributed by atoms with Crippen molar-refractivity contribution in [2.75, 3.05) is 20.6 Å². The molecular formula is C14H17ClFN2O3S+.